The molecule has 43 heavy (non-hydrogen) atoms. The number of rotatable bonds is 12. The first-order valence-corrected chi connectivity index (χ1v) is 14.5. The number of methoxy groups -OCH3 is 2. The van der Waals surface area contributed by atoms with E-state index in [-0.39, 0.29) is 49.7 Å². The molecule has 228 valence electrons. The lowest BCUT2D eigenvalue weighted by Crippen LogP contribution is -2.40. The molecule has 1 unspecified atom stereocenters. The molecule has 3 aromatic rings. The van der Waals surface area contributed by atoms with Crippen molar-refractivity contribution in [3.63, 3.8) is 0 Å². The van der Waals surface area contributed by atoms with E-state index in [1.165, 1.54) is 7.11 Å². The first-order valence-electron chi connectivity index (χ1n) is 14.5. The van der Waals surface area contributed by atoms with Gasteiger partial charge in [0.2, 0.25) is 11.8 Å². The summed E-state index contributed by atoms with van der Waals surface area (Å²) in [4.78, 5) is 55.8. The molecule has 2 atom stereocenters. The van der Waals surface area contributed by atoms with Crippen LogP contribution in [-0.4, -0.2) is 64.0 Å². The lowest BCUT2D eigenvalue weighted by atomic mass is 9.96. The molecule has 4 rings (SSSR count). The molecule has 1 aliphatic heterocycles. The van der Waals surface area contributed by atoms with Gasteiger partial charge >= 0.3 is 5.97 Å². The molecular formula is C33H40N4O6. The van der Waals surface area contributed by atoms with Crippen molar-refractivity contribution in [2.75, 3.05) is 44.2 Å². The molecule has 0 saturated heterocycles. The predicted octanol–water partition coefficient (Wildman–Crippen LogP) is 3.83. The van der Waals surface area contributed by atoms with Crippen LogP contribution in [0, 0.1) is 5.92 Å². The second kappa shape index (κ2) is 14.3. The van der Waals surface area contributed by atoms with Crippen molar-refractivity contribution in [3.8, 4) is 5.75 Å². The average Bonchev–Trinajstić information content (AvgIpc) is 3.14. The Labute approximate surface area is 252 Å². The van der Waals surface area contributed by atoms with Gasteiger partial charge in [-0.15, -0.1) is 0 Å². The summed E-state index contributed by atoms with van der Waals surface area (Å²) < 4.78 is 10.6. The van der Waals surface area contributed by atoms with Gasteiger partial charge in [0.1, 0.15) is 11.5 Å². The van der Waals surface area contributed by atoms with Crippen molar-refractivity contribution < 1.29 is 28.7 Å². The summed E-state index contributed by atoms with van der Waals surface area (Å²) >= 11 is 0. The standard InChI is InChI=1S/C33H40N4O6/c1-21(35-2)29(38)11-7-8-24-19-36(31(39)16-17-34)27-9-5-6-10-28(27)37(32(24)40)20-26-25-14-12-23(33(41)43-4)18-22(25)13-15-30(26)42-3/h5-6,9-10,12-15,18,21,24,35H,7-8,11,16-17,19-20,34H2,1-4H3/t21-,24?/m0/s1. The molecule has 0 bridgehead atoms. The number of Topliss-reactive ketones (excluding diaryl/α,β-unsaturated/α-hetero) is 1. The highest BCUT2D eigenvalue weighted by Crippen LogP contribution is 2.39. The van der Waals surface area contributed by atoms with Crippen molar-refractivity contribution in [1.82, 2.24) is 5.32 Å². The van der Waals surface area contributed by atoms with Crippen LogP contribution in [0.2, 0.25) is 0 Å². The van der Waals surface area contributed by atoms with E-state index in [0.29, 0.717) is 42.0 Å². The summed E-state index contributed by atoms with van der Waals surface area (Å²) in [6, 6.07) is 16.0. The number of likely N-dealkylation sites (N-methyl/N-ethyl adjacent to an activating group) is 1. The zero-order valence-corrected chi connectivity index (χ0v) is 25.2. The second-order valence-electron chi connectivity index (χ2n) is 10.7. The lowest BCUT2D eigenvalue weighted by molar-refractivity contribution is -0.124. The SMILES string of the molecule is CN[C@@H](C)C(=O)CCCC1CN(C(=O)CCN)c2ccccc2N(Cc2c(OC)ccc3cc(C(=O)OC)ccc23)C1=O. The van der Waals surface area contributed by atoms with Gasteiger partial charge < -0.3 is 30.3 Å². The minimum atomic E-state index is -0.543. The Morgan fingerprint density at radius 1 is 1.05 bits per heavy atom. The van der Waals surface area contributed by atoms with Crippen LogP contribution in [0.4, 0.5) is 11.4 Å². The van der Waals surface area contributed by atoms with Crippen molar-refractivity contribution in [2.45, 2.75) is 45.2 Å². The average molecular weight is 589 g/mol. The van der Waals surface area contributed by atoms with Gasteiger partial charge in [0, 0.05) is 31.5 Å². The first-order chi connectivity index (χ1) is 20.7. The fourth-order valence-electron chi connectivity index (χ4n) is 5.56. The molecule has 1 heterocycles. The van der Waals surface area contributed by atoms with Gasteiger partial charge in [0.15, 0.2) is 0 Å². The zero-order valence-electron chi connectivity index (χ0n) is 25.2. The summed E-state index contributed by atoms with van der Waals surface area (Å²) in [5, 5.41) is 4.58. The highest BCUT2D eigenvalue weighted by molar-refractivity contribution is 6.06. The van der Waals surface area contributed by atoms with Gasteiger partial charge in [-0.3, -0.25) is 14.4 Å². The van der Waals surface area contributed by atoms with Crippen molar-refractivity contribution in [1.29, 1.82) is 0 Å². The van der Waals surface area contributed by atoms with Crippen LogP contribution in [0.5, 0.6) is 5.75 Å². The number of ether oxygens (including phenoxy) is 2. The van der Waals surface area contributed by atoms with Crippen LogP contribution in [0.3, 0.4) is 0 Å². The fourth-order valence-corrected chi connectivity index (χ4v) is 5.56. The van der Waals surface area contributed by atoms with E-state index in [9.17, 15) is 19.2 Å². The number of nitrogens with two attached hydrogens (primary N) is 1. The van der Waals surface area contributed by atoms with Crippen molar-refractivity contribution in [2.24, 2.45) is 11.7 Å². The topological polar surface area (TPSA) is 131 Å². The molecule has 10 heteroatoms. The Kier molecular flexibility index (Phi) is 10.5. The van der Waals surface area contributed by atoms with Crippen molar-refractivity contribution in [3.05, 3.63) is 65.7 Å². The van der Waals surface area contributed by atoms with Crippen LogP contribution >= 0.6 is 0 Å². The molecule has 0 aliphatic carbocycles. The molecule has 3 aromatic carbocycles. The van der Waals surface area contributed by atoms with Crippen LogP contribution in [0.15, 0.2) is 54.6 Å². The summed E-state index contributed by atoms with van der Waals surface area (Å²) in [5.41, 5.74) is 8.16. The summed E-state index contributed by atoms with van der Waals surface area (Å²) in [6.45, 7) is 2.36. The lowest BCUT2D eigenvalue weighted by Gasteiger charge is -2.27. The van der Waals surface area contributed by atoms with Gasteiger partial charge in [-0.25, -0.2) is 4.79 Å². The Morgan fingerprint density at radius 3 is 2.47 bits per heavy atom. The molecule has 0 aromatic heterocycles. The minimum absolute atomic E-state index is 0.0755. The predicted molar refractivity (Wildman–Crippen MR) is 166 cm³/mol. The number of hydrogen-bond donors (Lipinski definition) is 2. The van der Waals surface area contributed by atoms with Gasteiger partial charge in [-0.2, -0.15) is 0 Å². The van der Waals surface area contributed by atoms with Gasteiger partial charge in [0.05, 0.1) is 49.7 Å². The largest absolute Gasteiger partial charge is 0.496 e. The van der Waals surface area contributed by atoms with Gasteiger partial charge in [0.25, 0.3) is 0 Å². The summed E-state index contributed by atoms with van der Waals surface area (Å²) in [6.07, 6.45) is 1.42. The Hall–Kier alpha value is -4.28. The number of fused-ring (bicyclic) bond motifs is 2. The van der Waals surface area contributed by atoms with Crippen LogP contribution in [0.1, 0.15) is 48.5 Å². The molecule has 0 radical (unpaired) electrons. The number of nitrogens with zero attached hydrogens (tertiary/aromatic N) is 2. The molecule has 0 saturated carbocycles. The molecule has 0 fully saturated rings. The number of para-hydroxylation sites is 2. The number of hydrogen-bond acceptors (Lipinski definition) is 8. The summed E-state index contributed by atoms with van der Waals surface area (Å²) in [5.74, 6) is -0.622. The number of benzene rings is 3. The van der Waals surface area contributed by atoms with E-state index < -0.39 is 11.9 Å². The number of esters is 1. The van der Waals surface area contributed by atoms with Crippen LogP contribution < -0.4 is 25.6 Å². The first kappa shape index (κ1) is 31.7. The normalized spacial score (nSPS) is 15.6. The Bertz CT molecular complexity index is 1510. The van der Waals surface area contributed by atoms with E-state index in [1.807, 2.05) is 49.4 Å². The number of anilines is 2. The third kappa shape index (κ3) is 6.87. The van der Waals surface area contributed by atoms with Crippen LogP contribution in [0.25, 0.3) is 10.8 Å². The summed E-state index contributed by atoms with van der Waals surface area (Å²) in [7, 11) is 4.65. The number of ketones is 1. The van der Waals surface area contributed by atoms with Gasteiger partial charge in [-0.1, -0.05) is 24.3 Å². The smallest absolute Gasteiger partial charge is 0.337 e. The number of nitrogens with one attached hydrogen (secondary N) is 1. The molecular weight excluding hydrogens is 548 g/mol. The monoisotopic (exact) mass is 588 g/mol. The molecule has 10 nitrogen and oxygen atoms in total. The van der Waals surface area contributed by atoms with E-state index in [2.05, 4.69) is 5.32 Å². The van der Waals surface area contributed by atoms with E-state index >= 15 is 0 Å². The quantitative estimate of drug-likeness (QED) is 0.305. The molecule has 1 aliphatic rings. The van der Waals surface area contributed by atoms with E-state index in [0.717, 1.165) is 16.3 Å². The van der Waals surface area contributed by atoms with Crippen LogP contribution in [-0.2, 0) is 25.7 Å². The molecule has 3 N–H and O–H groups in total. The maximum absolute atomic E-state index is 14.4. The Morgan fingerprint density at radius 2 is 1.79 bits per heavy atom. The van der Waals surface area contributed by atoms with E-state index in [4.69, 9.17) is 15.2 Å². The third-order valence-corrected chi connectivity index (χ3v) is 8.08. The Balaban J connectivity index is 1.78. The maximum atomic E-state index is 14.4. The second-order valence-corrected chi connectivity index (χ2v) is 10.7. The number of amides is 2. The number of carbonyl (C=O) groups is 4. The van der Waals surface area contributed by atoms with Gasteiger partial charge in [-0.05, 0) is 67.9 Å². The highest BCUT2D eigenvalue weighted by Gasteiger charge is 2.36. The van der Waals surface area contributed by atoms with Crippen molar-refractivity contribution >= 4 is 45.7 Å². The maximum Gasteiger partial charge on any atom is 0.337 e. The van der Waals surface area contributed by atoms with E-state index in [1.54, 1.807) is 36.1 Å². The fraction of sp³-hybridized carbons (Fsp3) is 0.394. The highest BCUT2D eigenvalue weighted by atomic mass is 16.5. The zero-order chi connectivity index (χ0) is 31.1. The number of carbonyl (C=O) groups excluding carboxylic acids is 4. The third-order valence-electron chi connectivity index (χ3n) is 8.08. The minimum Gasteiger partial charge on any atom is -0.496 e. The molecule has 2 amide bonds. The molecule has 0 spiro atoms.